The standard InChI is InChI=1S/C17H27NO6S3/c1-23-16-8-6-14(7-9-16)13-25-17-11-15(18(12-17)26(2,19)20)5-4-10-24-27(3,21)22/h6-9,15,17H,4-5,10-13H2,1-3H3/t15-,17-/m1/s1. The zero-order valence-electron chi connectivity index (χ0n) is 15.8. The predicted molar refractivity (Wildman–Crippen MR) is 108 cm³/mol. The zero-order chi connectivity index (χ0) is 20.1. The number of thioether (sulfide) groups is 1. The molecule has 2 atom stereocenters. The van der Waals surface area contributed by atoms with Gasteiger partial charge in [-0.15, -0.1) is 0 Å². The molecule has 1 heterocycles. The minimum Gasteiger partial charge on any atom is -0.497 e. The third-order valence-electron chi connectivity index (χ3n) is 4.38. The molecule has 1 aromatic rings. The lowest BCUT2D eigenvalue weighted by molar-refractivity contribution is 0.287. The minimum absolute atomic E-state index is 0.0800. The normalized spacial score (nSPS) is 21.4. The van der Waals surface area contributed by atoms with Crippen molar-refractivity contribution < 1.29 is 25.8 Å². The maximum Gasteiger partial charge on any atom is 0.264 e. The van der Waals surface area contributed by atoms with Gasteiger partial charge in [0.1, 0.15) is 5.75 Å². The fourth-order valence-electron chi connectivity index (χ4n) is 3.10. The van der Waals surface area contributed by atoms with E-state index in [4.69, 9.17) is 8.92 Å². The van der Waals surface area contributed by atoms with Crippen LogP contribution in [0.2, 0.25) is 0 Å². The molecule has 0 N–H and O–H groups in total. The molecular formula is C17H27NO6S3. The van der Waals surface area contributed by atoms with Gasteiger partial charge in [-0.2, -0.15) is 24.5 Å². The lowest BCUT2D eigenvalue weighted by Crippen LogP contribution is -2.35. The van der Waals surface area contributed by atoms with Gasteiger partial charge in [-0.05, 0) is 37.0 Å². The highest BCUT2D eigenvalue weighted by molar-refractivity contribution is 7.99. The van der Waals surface area contributed by atoms with Gasteiger partial charge in [0.15, 0.2) is 0 Å². The predicted octanol–water partition coefficient (Wildman–Crippen LogP) is 2.09. The second-order valence-electron chi connectivity index (χ2n) is 6.67. The van der Waals surface area contributed by atoms with E-state index in [1.54, 1.807) is 23.2 Å². The molecule has 0 aliphatic carbocycles. The fourth-order valence-corrected chi connectivity index (χ4v) is 6.04. The van der Waals surface area contributed by atoms with Crippen molar-refractivity contribution in [3.63, 3.8) is 0 Å². The Morgan fingerprint density at radius 1 is 1.15 bits per heavy atom. The van der Waals surface area contributed by atoms with Crippen LogP contribution in [-0.4, -0.2) is 65.2 Å². The van der Waals surface area contributed by atoms with Crippen LogP contribution in [0.5, 0.6) is 5.75 Å². The van der Waals surface area contributed by atoms with Gasteiger partial charge in [-0.3, -0.25) is 4.18 Å². The molecule has 154 valence electrons. The first-order valence-corrected chi connectivity index (χ1v) is 13.4. The van der Waals surface area contributed by atoms with Gasteiger partial charge >= 0.3 is 0 Å². The Morgan fingerprint density at radius 2 is 1.81 bits per heavy atom. The molecule has 1 fully saturated rings. The first-order valence-electron chi connectivity index (χ1n) is 8.64. The molecule has 0 aromatic heterocycles. The highest BCUT2D eigenvalue weighted by Gasteiger charge is 2.37. The number of ether oxygens (including phenoxy) is 1. The van der Waals surface area contributed by atoms with Gasteiger partial charge in [-0.25, -0.2) is 8.42 Å². The number of rotatable bonds is 10. The molecule has 0 saturated carbocycles. The Balaban J connectivity index is 1.89. The Morgan fingerprint density at radius 3 is 2.37 bits per heavy atom. The van der Waals surface area contributed by atoms with Gasteiger partial charge in [-0.1, -0.05) is 12.1 Å². The Labute approximate surface area is 166 Å². The molecule has 0 spiro atoms. The number of benzene rings is 1. The highest BCUT2D eigenvalue weighted by atomic mass is 32.2. The van der Waals surface area contributed by atoms with Gasteiger partial charge in [0.2, 0.25) is 10.0 Å². The third kappa shape index (κ3) is 7.61. The van der Waals surface area contributed by atoms with Gasteiger partial charge in [0.25, 0.3) is 10.1 Å². The monoisotopic (exact) mass is 437 g/mol. The van der Waals surface area contributed by atoms with E-state index < -0.39 is 20.1 Å². The van der Waals surface area contributed by atoms with Crippen molar-refractivity contribution in [3.05, 3.63) is 29.8 Å². The first-order chi connectivity index (χ1) is 12.6. The maximum atomic E-state index is 12.1. The molecule has 1 aliphatic rings. The third-order valence-corrected chi connectivity index (χ3v) is 7.58. The second kappa shape index (κ2) is 9.60. The average Bonchev–Trinajstić information content (AvgIpc) is 3.00. The second-order valence-corrected chi connectivity index (χ2v) is 11.5. The number of sulfonamides is 1. The Kier molecular flexibility index (Phi) is 7.99. The maximum absolute atomic E-state index is 12.1. The van der Waals surface area contributed by atoms with Crippen LogP contribution in [0.15, 0.2) is 24.3 Å². The summed E-state index contributed by atoms with van der Waals surface area (Å²) in [5, 5.41) is 0.211. The average molecular weight is 438 g/mol. The van der Waals surface area contributed by atoms with E-state index in [-0.39, 0.29) is 17.9 Å². The summed E-state index contributed by atoms with van der Waals surface area (Å²) in [5.74, 6) is 1.61. The molecule has 0 unspecified atom stereocenters. The summed E-state index contributed by atoms with van der Waals surface area (Å²) in [6, 6.07) is 7.73. The molecule has 10 heteroatoms. The van der Waals surface area contributed by atoms with E-state index in [0.717, 1.165) is 29.7 Å². The van der Waals surface area contributed by atoms with Crippen molar-refractivity contribution in [2.24, 2.45) is 0 Å². The van der Waals surface area contributed by atoms with E-state index >= 15 is 0 Å². The van der Waals surface area contributed by atoms with Crippen LogP contribution in [0.3, 0.4) is 0 Å². The van der Waals surface area contributed by atoms with Gasteiger partial charge < -0.3 is 4.74 Å². The summed E-state index contributed by atoms with van der Waals surface area (Å²) in [6.07, 6.45) is 4.08. The first kappa shape index (κ1) is 22.5. The molecule has 1 saturated heterocycles. The number of methoxy groups -OCH3 is 1. The van der Waals surface area contributed by atoms with E-state index in [0.29, 0.717) is 19.4 Å². The van der Waals surface area contributed by atoms with Crippen LogP contribution >= 0.6 is 11.8 Å². The number of hydrogen-bond donors (Lipinski definition) is 0. The van der Waals surface area contributed by atoms with Crippen LogP contribution in [0, 0.1) is 0 Å². The van der Waals surface area contributed by atoms with E-state index in [2.05, 4.69) is 0 Å². The molecule has 7 nitrogen and oxygen atoms in total. The van der Waals surface area contributed by atoms with Crippen molar-refractivity contribution in [3.8, 4) is 5.75 Å². The number of nitrogens with zero attached hydrogens (tertiary/aromatic N) is 1. The Hall–Kier alpha value is -0.810. The largest absolute Gasteiger partial charge is 0.497 e. The Bertz CT molecular complexity index is 808. The molecular weight excluding hydrogens is 410 g/mol. The van der Waals surface area contributed by atoms with E-state index in [1.165, 1.54) is 6.26 Å². The van der Waals surface area contributed by atoms with Gasteiger partial charge in [0, 0.05) is 23.6 Å². The molecule has 1 aromatic carbocycles. The van der Waals surface area contributed by atoms with Crippen LogP contribution in [0.4, 0.5) is 0 Å². The molecule has 0 radical (unpaired) electrons. The lowest BCUT2D eigenvalue weighted by atomic mass is 10.1. The number of hydrogen-bond acceptors (Lipinski definition) is 7. The highest BCUT2D eigenvalue weighted by Crippen LogP contribution is 2.33. The smallest absolute Gasteiger partial charge is 0.264 e. The summed E-state index contributed by atoms with van der Waals surface area (Å²) in [7, 11) is -5.13. The van der Waals surface area contributed by atoms with Crippen LogP contribution in [0.1, 0.15) is 24.8 Å². The lowest BCUT2D eigenvalue weighted by Gasteiger charge is -2.21. The van der Waals surface area contributed by atoms with Crippen molar-refractivity contribution in [1.82, 2.24) is 4.31 Å². The minimum atomic E-state index is -3.46. The molecule has 0 amide bonds. The summed E-state index contributed by atoms with van der Waals surface area (Å²) in [5.41, 5.74) is 1.16. The van der Waals surface area contributed by atoms with E-state index in [1.807, 2.05) is 24.3 Å². The quantitative estimate of drug-likeness (QED) is 0.409. The molecule has 27 heavy (non-hydrogen) atoms. The van der Waals surface area contributed by atoms with Crippen molar-refractivity contribution in [1.29, 1.82) is 0 Å². The van der Waals surface area contributed by atoms with Crippen LogP contribution in [-0.2, 0) is 30.1 Å². The summed E-state index contributed by atoms with van der Waals surface area (Å²) in [4.78, 5) is 0. The van der Waals surface area contributed by atoms with Gasteiger partial charge in [0.05, 0.1) is 26.2 Å². The summed E-state index contributed by atoms with van der Waals surface area (Å²) in [6.45, 7) is 0.563. The fraction of sp³-hybridized carbons (Fsp3) is 0.647. The molecule has 1 aliphatic heterocycles. The van der Waals surface area contributed by atoms with Crippen LogP contribution < -0.4 is 4.74 Å². The summed E-state index contributed by atoms with van der Waals surface area (Å²) >= 11 is 1.74. The zero-order valence-corrected chi connectivity index (χ0v) is 18.3. The van der Waals surface area contributed by atoms with Crippen molar-refractivity contribution >= 4 is 31.9 Å². The molecule has 0 bridgehead atoms. The van der Waals surface area contributed by atoms with Crippen LogP contribution in [0.25, 0.3) is 0 Å². The summed E-state index contributed by atoms with van der Waals surface area (Å²) < 4.78 is 57.7. The SMILES string of the molecule is COc1ccc(CS[C@@H]2C[C@@H](CCCOS(C)(=O)=O)N(S(C)(=O)=O)C2)cc1. The molecule has 2 rings (SSSR count). The van der Waals surface area contributed by atoms with Crippen molar-refractivity contribution in [2.75, 3.05) is 32.8 Å². The van der Waals surface area contributed by atoms with E-state index in [9.17, 15) is 16.8 Å². The van der Waals surface area contributed by atoms with Crippen molar-refractivity contribution in [2.45, 2.75) is 36.3 Å². The topological polar surface area (TPSA) is 90.0 Å².